The molecule has 0 fully saturated rings. The van der Waals surface area contributed by atoms with Crippen LogP contribution in [0.1, 0.15) is 5.56 Å². The lowest BCUT2D eigenvalue weighted by Crippen LogP contribution is -2.33. The zero-order chi connectivity index (χ0) is 10.6. The number of nitrogens with zero attached hydrogens (tertiary/aromatic N) is 2. The van der Waals surface area contributed by atoms with Gasteiger partial charge in [-0.05, 0) is 11.6 Å². The molecule has 0 amide bonds. The summed E-state index contributed by atoms with van der Waals surface area (Å²) in [5.74, 6) is 0.505. The number of guanidine groups is 1. The van der Waals surface area contributed by atoms with Crippen LogP contribution in [0.25, 0.3) is 0 Å². The van der Waals surface area contributed by atoms with Crippen molar-refractivity contribution in [3.05, 3.63) is 34.9 Å². The summed E-state index contributed by atoms with van der Waals surface area (Å²) in [6, 6.07) is 7.70. The molecule has 1 rings (SSSR count). The van der Waals surface area contributed by atoms with Crippen molar-refractivity contribution in [3.8, 4) is 0 Å². The highest BCUT2D eigenvalue weighted by Gasteiger charge is 2.04. The van der Waals surface area contributed by atoms with E-state index in [1.54, 1.807) is 7.05 Å². The highest BCUT2D eigenvalue weighted by atomic mass is 35.5. The van der Waals surface area contributed by atoms with Crippen molar-refractivity contribution in [1.29, 1.82) is 0 Å². The van der Waals surface area contributed by atoms with Gasteiger partial charge in [-0.1, -0.05) is 29.8 Å². The third kappa shape index (κ3) is 2.64. The minimum atomic E-state index is 0.505. The first-order valence-electron chi connectivity index (χ1n) is 4.32. The van der Waals surface area contributed by atoms with Crippen molar-refractivity contribution in [2.75, 3.05) is 14.1 Å². The number of benzene rings is 1. The zero-order valence-electron chi connectivity index (χ0n) is 8.37. The number of halogens is 1. The second kappa shape index (κ2) is 4.86. The number of hydrogen-bond acceptors (Lipinski definition) is 1. The molecular weight excluding hydrogens is 198 g/mol. The van der Waals surface area contributed by atoms with E-state index in [2.05, 4.69) is 4.99 Å². The Kier molecular flexibility index (Phi) is 3.77. The Bertz CT molecular complexity index is 336. The molecule has 14 heavy (non-hydrogen) atoms. The average molecular weight is 212 g/mol. The van der Waals surface area contributed by atoms with Gasteiger partial charge in [-0.15, -0.1) is 0 Å². The number of aliphatic imine (C=N–C) groups is 1. The van der Waals surface area contributed by atoms with Gasteiger partial charge < -0.3 is 10.6 Å². The van der Waals surface area contributed by atoms with Crippen LogP contribution in [0.5, 0.6) is 0 Å². The molecule has 0 bridgehead atoms. The van der Waals surface area contributed by atoms with Crippen LogP contribution in [0.15, 0.2) is 29.3 Å². The molecule has 1 aromatic carbocycles. The lowest BCUT2D eigenvalue weighted by molar-refractivity contribution is 0.494. The molecule has 0 saturated carbocycles. The molecule has 0 aliphatic rings. The zero-order valence-corrected chi connectivity index (χ0v) is 9.12. The van der Waals surface area contributed by atoms with Gasteiger partial charge in [0.1, 0.15) is 0 Å². The number of nitrogens with two attached hydrogens (primary N) is 1. The first-order valence-corrected chi connectivity index (χ1v) is 4.69. The molecule has 4 heteroatoms. The van der Waals surface area contributed by atoms with Crippen molar-refractivity contribution in [2.24, 2.45) is 10.7 Å². The van der Waals surface area contributed by atoms with E-state index in [-0.39, 0.29) is 0 Å². The van der Waals surface area contributed by atoms with Crippen LogP contribution in [0.3, 0.4) is 0 Å². The predicted molar refractivity (Wildman–Crippen MR) is 60.5 cm³/mol. The molecule has 0 unspecified atom stereocenters. The second-order valence-electron chi connectivity index (χ2n) is 3.03. The smallest absolute Gasteiger partial charge is 0.191 e. The molecule has 0 aliphatic carbocycles. The summed E-state index contributed by atoms with van der Waals surface area (Å²) in [4.78, 5) is 5.74. The highest BCUT2D eigenvalue weighted by Crippen LogP contribution is 2.16. The van der Waals surface area contributed by atoms with E-state index in [1.165, 1.54) is 0 Å². The van der Waals surface area contributed by atoms with Crippen LogP contribution in [0.4, 0.5) is 0 Å². The van der Waals surface area contributed by atoms with Crippen molar-refractivity contribution in [1.82, 2.24) is 4.90 Å². The lowest BCUT2D eigenvalue weighted by atomic mass is 10.2. The molecule has 0 heterocycles. The van der Waals surface area contributed by atoms with Crippen LogP contribution >= 0.6 is 11.6 Å². The first kappa shape index (κ1) is 10.9. The van der Waals surface area contributed by atoms with E-state index in [0.29, 0.717) is 12.5 Å². The minimum Gasteiger partial charge on any atom is -0.370 e. The standard InChI is InChI=1S/C10H14ClN3/c1-13-10(12)14(2)7-8-5-3-4-6-9(8)11/h3-6H,7H2,1-2H3,(H2,12,13). The van der Waals surface area contributed by atoms with Gasteiger partial charge in [0.2, 0.25) is 0 Å². The van der Waals surface area contributed by atoms with E-state index < -0.39 is 0 Å². The largest absolute Gasteiger partial charge is 0.370 e. The Morgan fingerprint density at radius 1 is 1.50 bits per heavy atom. The van der Waals surface area contributed by atoms with Gasteiger partial charge >= 0.3 is 0 Å². The highest BCUT2D eigenvalue weighted by molar-refractivity contribution is 6.31. The molecule has 0 aromatic heterocycles. The van der Waals surface area contributed by atoms with E-state index in [9.17, 15) is 0 Å². The average Bonchev–Trinajstić information content (AvgIpc) is 2.20. The van der Waals surface area contributed by atoms with Crippen LogP contribution in [-0.4, -0.2) is 25.0 Å². The molecule has 76 valence electrons. The molecule has 2 N–H and O–H groups in total. The molecule has 1 aromatic rings. The Hall–Kier alpha value is -1.22. The summed E-state index contributed by atoms with van der Waals surface area (Å²) in [6.45, 7) is 0.669. The maximum absolute atomic E-state index is 6.01. The number of hydrogen-bond donors (Lipinski definition) is 1. The fourth-order valence-corrected chi connectivity index (χ4v) is 1.33. The van der Waals surface area contributed by atoms with Gasteiger partial charge in [-0.2, -0.15) is 0 Å². The minimum absolute atomic E-state index is 0.505. The molecule has 3 nitrogen and oxygen atoms in total. The Morgan fingerprint density at radius 3 is 2.71 bits per heavy atom. The van der Waals surface area contributed by atoms with E-state index in [1.807, 2.05) is 36.2 Å². The lowest BCUT2D eigenvalue weighted by Gasteiger charge is -2.18. The summed E-state index contributed by atoms with van der Waals surface area (Å²) in [6.07, 6.45) is 0. The molecule has 0 spiro atoms. The maximum Gasteiger partial charge on any atom is 0.191 e. The normalized spacial score (nSPS) is 11.5. The number of rotatable bonds is 2. The predicted octanol–water partition coefficient (Wildman–Crippen LogP) is 1.72. The van der Waals surface area contributed by atoms with E-state index >= 15 is 0 Å². The Balaban J connectivity index is 2.74. The van der Waals surface area contributed by atoms with Gasteiger partial charge in [0.15, 0.2) is 5.96 Å². The first-order chi connectivity index (χ1) is 6.65. The van der Waals surface area contributed by atoms with E-state index in [4.69, 9.17) is 17.3 Å². The van der Waals surface area contributed by atoms with Gasteiger partial charge in [-0.3, -0.25) is 4.99 Å². The topological polar surface area (TPSA) is 41.6 Å². The fraction of sp³-hybridized carbons (Fsp3) is 0.300. The summed E-state index contributed by atoms with van der Waals surface area (Å²) in [5, 5.41) is 0.753. The van der Waals surface area contributed by atoms with Gasteiger partial charge in [-0.25, -0.2) is 0 Å². The van der Waals surface area contributed by atoms with Crippen molar-refractivity contribution < 1.29 is 0 Å². The van der Waals surface area contributed by atoms with Gasteiger partial charge in [0.25, 0.3) is 0 Å². The maximum atomic E-state index is 6.01. The Labute approximate surface area is 89.2 Å². The van der Waals surface area contributed by atoms with Crippen LogP contribution in [0, 0.1) is 0 Å². The van der Waals surface area contributed by atoms with Crippen molar-refractivity contribution in [2.45, 2.75) is 6.54 Å². The van der Waals surface area contributed by atoms with Crippen LogP contribution in [-0.2, 0) is 6.54 Å². The molecule has 0 atom stereocenters. The fourth-order valence-electron chi connectivity index (χ4n) is 1.13. The SMILES string of the molecule is CN=C(N)N(C)Cc1ccccc1Cl. The molecule has 0 aliphatic heterocycles. The third-order valence-corrected chi connectivity index (χ3v) is 2.35. The quantitative estimate of drug-likeness (QED) is 0.598. The summed E-state index contributed by atoms with van der Waals surface area (Å²) >= 11 is 6.01. The second-order valence-corrected chi connectivity index (χ2v) is 3.44. The van der Waals surface area contributed by atoms with Crippen molar-refractivity contribution in [3.63, 3.8) is 0 Å². The van der Waals surface area contributed by atoms with Crippen molar-refractivity contribution >= 4 is 17.6 Å². The van der Waals surface area contributed by atoms with Gasteiger partial charge in [0, 0.05) is 25.7 Å². The van der Waals surface area contributed by atoms with Crippen LogP contribution in [0.2, 0.25) is 5.02 Å². The summed E-state index contributed by atoms with van der Waals surface area (Å²) in [5.41, 5.74) is 6.69. The van der Waals surface area contributed by atoms with E-state index in [0.717, 1.165) is 10.6 Å². The monoisotopic (exact) mass is 211 g/mol. The Morgan fingerprint density at radius 2 is 2.14 bits per heavy atom. The molecular formula is C10H14ClN3. The van der Waals surface area contributed by atoms with Crippen LogP contribution < -0.4 is 5.73 Å². The summed E-state index contributed by atoms with van der Waals surface area (Å²) < 4.78 is 0. The third-order valence-electron chi connectivity index (χ3n) is 1.99. The molecule has 0 saturated heterocycles. The molecule has 0 radical (unpaired) electrons. The summed E-state index contributed by atoms with van der Waals surface area (Å²) in [7, 11) is 3.55. The van der Waals surface area contributed by atoms with Gasteiger partial charge in [0.05, 0.1) is 0 Å².